The number of nitrogens with one attached hydrogen (secondary N) is 1. The summed E-state index contributed by atoms with van der Waals surface area (Å²) in [4.78, 5) is 0. The van der Waals surface area contributed by atoms with Crippen LogP contribution in [0, 0.1) is 0 Å². The summed E-state index contributed by atoms with van der Waals surface area (Å²) >= 11 is 0. The first-order chi connectivity index (χ1) is 6.88. The third-order valence-corrected chi connectivity index (χ3v) is 2.48. The van der Waals surface area contributed by atoms with Crippen molar-refractivity contribution in [2.45, 2.75) is 19.1 Å². The Labute approximate surface area is 84.3 Å². The van der Waals surface area contributed by atoms with Crippen LogP contribution in [0.3, 0.4) is 0 Å². The highest BCUT2D eigenvalue weighted by atomic mass is 16.5. The molecule has 1 aliphatic rings. The van der Waals surface area contributed by atoms with E-state index in [0.717, 1.165) is 30.8 Å². The Bertz CT molecular complexity index is 278. The van der Waals surface area contributed by atoms with Gasteiger partial charge in [0.2, 0.25) is 0 Å². The third-order valence-electron chi connectivity index (χ3n) is 2.48. The molecule has 0 saturated carbocycles. The smallest absolute Gasteiger partial charge is 0.119 e. The first-order valence-corrected chi connectivity index (χ1v) is 5.05. The lowest BCUT2D eigenvalue weighted by atomic mass is 10.2. The molecule has 14 heavy (non-hydrogen) atoms. The van der Waals surface area contributed by atoms with Gasteiger partial charge in [-0.05, 0) is 30.7 Å². The second-order valence-electron chi connectivity index (χ2n) is 3.58. The summed E-state index contributed by atoms with van der Waals surface area (Å²) in [6, 6.07) is 8.00. The largest absolute Gasteiger partial charge is 0.489 e. The maximum absolute atomic E-state index is 5.77. The summed E-state index contributed by atoms with van der Waals surface area (Å²) in [6.45, 7) is 2.61. The van der Waals surface area contributed by atoms with E-state index in [1.807, 2.05) is 24.3 Å². The van der Waals surface area contributed by atoms with Crippen LogP contribution in [0.25, 0.3) is 0 Å². The highest BCUT2D eigenvalue weighted by Gasteiger charge is 2.15. The van der Waals surface area contributed by atoms with Crippen molar-refractivity contribution in [3.05, 3.63) is 29.8 Å². The number of benzene rings is 1. The van der Waals surface area contributed by atoms with Crippen LogP contribution in [0.1, 0.15) is 12.0 Å². The Kier molecular flexibility index (Phi) is 3.01. The minimum atomic E-state index is 0.332. The SMILES string of the molecule is NCc1ccc(OC2CCNC2)cc1. The molecule has 0 aliphatic carbocycles. The van der Waals surface area contributed by atoms with Crippen molar-refractivity contribution in [1.82, 2.24) is 5.32 Å². The first-order valence-electron chi connectivity index (χ1n) is 5.05. The summed E-state index contributed by atoms with van der Waals surface area (Å²) < 4.78 is 5.77. The predicted molar refractivity (Wildman–Crippen MR) is 56.2 cm³/mol. The summed E-state index contributed by atoms with van der Waals surface area (Å²) in [5, 5.41) is 3.27. The molecule has 1 atom stereocenters. The van der Waals surface area contributed by atoms with Crippen molar-refractivity contribution in [3.8, 4) is 5.75 Å². The standard InChI is InChI=1S/C11H16N2O/c12-7-9-1-3-10(4-2-9)14-11-5-6-13-8-11/h1-4,11,13H,5-8,12H2. The van der Waals surface area contributed by atoms with Crippen LogP contribution >= 0.6 is 0 Å². The molecular formula is C11H16N2O. The molecule has 1 unspecified atom stereocenters. The van der Waals surface area contributed by atoms with Crippen molar-refractivity contribution in [3.63, 3.8) is 0 Å². The molecule has 3 heteroatoms. The molecule has 0 radical (unpaired) electrons. The van der Waals surface area contributed by atoms with E-state index in [1.54, 1.807) is 0 Å². The lowest BCUT2D eigenvalue weighted by Crippen LogP contribution is -2.19. The topological polar surface area (TPSA) is 47.3 Å². The summed E-state index contributed by atoms with van der Waals surface area (Å²) in [5.74, 6) is 0.941. The molecule has 0 amide bonds. The van der Waals surface area contributed by atoms with Gasteiger partial charge in [0.05, 0.1) is 0 Å². The molecule has 1 heterocycles. The minimum absolute atomic E-state index is 0.332. The average molecular weight is 192 g/mol. The fraction of sp³-hybridized carbons (Fsp3) is 0.455. The van der Waals surface area contributed by atoms with Gasteiger partial charge in [-0.3, -0.25) is 0 Å². The third kappa shape index (κ3) is 2.25. The van der Waals surface area contributed by atoms with Crippen LogP contribution in [0.15, 0.2) is 24.3 Å². The number of nitrogens with two attached hydrogens (primary N) is 1. The number of rotatable bonds is 3. The summed E-state index contributed by atoms with van der Waals surface area (Å²) in [5.41, 5.74) is 6.65. The Hall–Kier alpha value is -1.06. The molecule has 2 rings (SSSR count). The summed E-state index contributed by atoms with van der Waals surface area (Å²) in [7, 11) is 0. The quantitative estimate of drug-likeness (QED) is 0.747. The molecule has 1 aromatic rings. The maximum atomic E-state index is 5.77. The zero-order chi connectivity index (χ0) is 9.80. The normalized spacial score (nSPS) is 21.1. The monoisotopic (exact) mass is 192 g/mol. The zero-order valence-corrected chi connectivity index (χ0v) is 8.20. The second-order valence-corrected chi connectivity index (χ2v) is 3.58. The van der Waals surface area contributed by atoms with E-state index in [2.05, 4.69) is 5.32 Å². The van der Waals surface area contributed by atoms with Gasteiger partial charge in [-0.1, -0.05) is 12.1 Å². The highest BCUT2D eigenvalue weighted by Crippen LogP contribution is 2.15. The molecule has 0 bridgehead atoms. The van der Waals surface area contributed by atoms with Crippen LogP contribution in [-0.2, 0) is 6.54 Å². The fourth-order valence-electron chi connectivity index (χ4n) is 1.63. The van der Waals surface area contributed by atoms with Gasteiger partial charge in [-0.25, -0.2) is 0 Å². The second kappa shape index (κ2) is 4.44. The number of hydrogen-bond donors (Lipinski definition) is 2. The van der Waals surface area contributed by atoms with Gasteiger partial charge in [0.15, 0.2) is 0 Å². The molecule has 1 fully saturated rings. The van der Waals surface area contributed by atoms with E-state index in [1.165, 1.54) is 0 Å². The van der Waals surface area contributed by atoms with Gasteiger partial charge in [-0.15, -0.1) is 0 Å². The van der Waals surface area contributed by atoms with Crippen LogP contribution in [0.2, 0.25) is 0 Å². The van der Waals surface area contributed by atoms with Gasteiger partial charge in [0.1, 0.15) is 11.9 Å². The van der Waals surface area contributed by atoms with E-state index in [-0.39, 0.29) is 0 Å². The maximum Gasteiger partial charge on any atom is 0.119 e. The van der Waals surface area contributed by atoms with Gasteiger partial charge in [-0.2, -0.15) is 0 Å². The molecule has 1 aromatic carbocycles. The minimum Gasteiger partial charge on any atom is -0.489 e. The molecule has 0 aromatic heterocycles. The van der Waals surface area contributed by atoms with Gasteiger partial charge in [0, 0.05) is 13.1 Å². The first kappa shape index (κ1) is 9.49. The Morgan fingerprint density at radius 1 is 1.36 bits per heavy atom. The van der Waals surface area contributed by atoms with Crippen molar-refractivity contribution >= 4 is 0 Å². The van der Waals surface area contributed by atoms with Crippen molar-refractivity contribution < 1.29 is 4.74 Å². The molecule has 3 N–H and O–H groups in total. The number of ether oxygens (including phenoxy) is 1. The van der Waals surface area contributed by atoms with Crippen molar-refractivity contribution in [2.24, 2.45) is 5.73 Å². The zero-order valence-electron chi connectivity index (χ0n) is 8.20. The van der Waals surface area contributed by atoms with Crippen molar-refractivity contribution in [1.29, 1.82) is 0 Å². The summed E-state index contributed by atoms with van der Waals surface area (Å²) in [6.07, 6.45) is 1.43. The Balaban J connectivity index is 1.95. The van der Waals surface area contributed by atoms with Gasteiger partial charge < -0.3 is 15.8 Å². The molecular weight excluding hydrogens is 176 g/mol. The van der Waals surface area contributed by atoms with E-state index >= 15 is 0 Å². The van der Waals surface area contributed by atoms with E-state index < -0.39 is 0 Å². The lowest BCUT2D eigenvalue weighted by molar-refractivity contribution is 0.223. The Morgan fingerprint density at radius 2 is 2.14 bits per heavy atom. The molecule has 1 saturated heterocycles. The molecule has 1 aliphatic heterocycles. The fourth-order valence-corrected chi connectivity index (χ4v) is 1.63. The highest BCUT2D eigenvalue weighted by molar-refractivity contribution is 5.27. The lowest BCUT2D eigenvalue weighted by Gasteiger charge is -2.12. The van der Waals surface area contributed by atoms with Gasteiger partial charge >= 0.3 is 0 Å². The van der Waals surface area contributed by atoms with E-state index in [4.69, 9.17) is 10.5 Å². The van der Waals surface area contributed by atoms with Crippen LogP contribution in [0.4, 0.5) is 0 Å². The van der Waals surface area contributed by atoms with E-state index in [9.17, 15) is 0 Å². The van der Waals surface area contributed by atoms with Gasteiger partial charge in [0.25, 0.3) is 0 Å². The predicted octanol–water partition coefficient (Wildman–Crippen LogP) is 0.886. The Morgan fingerprint density at radius 3 is 2.71 bits per heavy atom. The van der Waals surface area contributed by atoms with Crippen LogP contribution in [0.5, 0.6) is 5.75 Å². The average Bonchev–Trinajstić information content (AvgIpc) is 2.72. The van der Waals surface area contributed by atoms with Crippen LogP contribution < -0.4 is 15.8 Å². The number of hydrogen-bond acceptors (Lipinski definition) is 3. The molecule has 76 valence electrons. The van der Waals surface area contributed by atoms with Crippen LogP contribution in [-0.4, -0.2) is 19.2 Å². The van der Waals surface area contributed by atoms with E-state index in [0.29, 0.717) is 12.6 Å². The molecule has 3 nitrogen and oxygen atoms in total. The van der Waals surface area contributed by atoms with Crippen molar-refractivity contribution in [2.75, 3.05) is 13.1 Å². The molecule has 0 spiro atoms.